The summed E-state index contributed by atoms with van der Waals surface area (Å²) < 4.78 is 0. The van der Waals surface area contributed by atoms with Crippen molar-refractivity contribution in [2.24, 2.45) is 5.92 Å². The zero-order valence-corrected chi connectivity index (χ0v) is 14.6. The van der Waals surface area contributed by atoms with Crippen LogP contribution < -0.4 is 0 Å². The number of carbonyl (C=O) groups is 1. The van der Waals surface area contributed by atoms with Crippen molar-refractivity contribution in [3.05, 3.63) is 35.9 Å². The van der Waals surface area contributed by atoms with Crippen LogP contribution in [0.4, 0.5) is 0 Å². The van der Waals surface area contributed by atoms with Gasteiger partial charge in [0.25, 0.3) is 5.91 Å². The summed E-state index contributed by atoms with van der Waals surface area (Å²) in [5.74, 6) is 2.49. The molecule has 1 amide bonds. The second kappa shape index (κ2) is 7.71. The molecule has 3 nitrogen and oxygen atoms in total. The Morgan fingerprint density at radius 3 is 2.48 bits per heavy atom. The van der Waals surface area contributed by atoms with Crippen molar-refractivity contribution in [1.82, 2.24) is 4.90 Å². The van der Waals surface area contributed by atoms with Crippen LogP contribution in [0.1, 0.15) is 37.7 Å². The lowest BCUT2D eigenvalue weighted by Crippen LogP contribution is -2.53. The molecule has 2 aliphatic heterocycles. The van der Waals surface area contributed by atoms with Gasteiger partial charge in [0.1, 0.15) is 5.60 Å². The lowest BCUT2D eigenvalue weighted by Gasteiger charge is -2.39. The summed E-state index contributed by atoms with van der Waals surface area (Å²) in [4.78, 5) is 14.5. The van der Waals surface area contributed by atoms with Crippen molar-refractivity contribution >= 4 is 17.7 Å². The number of rotatable bonds is 4. The van der Waals surface area contributed by atoms with Gasteiger partial charge in [0.05, 0.1) is 0 Å². The van der Waals surface area contributed by atoms with E-state index in [1.807, 2.05) is 16.7 Å². The molecule has 1 aromatic carbocycles. The summed E-state index contributed by atoms with van der Waals surface area (Å²) in [6, 6.07) is 10.6. The van der Waals surface area contributed by atoms with Gasteiger partial charge in [0.15, 0.2) is 0 Å². The van der Waals surface area contributed by atoms with Gasteiger partial charge in [-0.25, -0.2) is 0 Å². The Hall–Kier alpha value is -1.00. The first-order chi connectivity index (χ1) is 11.2. The third kappa shape index (κ3) is 4.30. The Labute approximate surface area is 143 Å². The second-order valence-corrected chi connectivity index (χ2v) is 8.13. The molecule has 23 heavy (non-hydrogen) atoms. The van der Waals surface area contributed by atoms with Gasteiger partial charge in [-0.1, -0.05) is 30.3 Å². The Kier molecular flexibility index (Phi) is 5.65. The van der Waals surface area contributed by atoms with E-state index in [1.165, 1.54) is 12.0 Å². The molecule has 3 rings (SSSR count). The maximum absolute atomic E-state index is 12.6. The summed E-state index contributed by atoms with van der Waals surface area (Å²) >= 11 is 1.84. The van der Waals surface area contributed by atoms with E-state index in [9.17, 15) is 9.90 Å². The van der Waals surface area contributed by atoms with Crippen LogP contribution in [-0.4, -0.2) is 46.1 Å². The van der Waals surface area contributed by atoms with Crippen LogP contribution in [0.25, 0.3) is 0 Å². The first-order valence-corrected chi connectivity index (χ1v) is 9.96. The molecule has 2 fully saturated rings. The van der Waals surface area contributed by atoms with Crippen molar-refractivity contribution in [3.8, 4) is 0 Å². The van der Waals surface area contributed by atoms with Crippen LogP contribution in [-0.2, 0) is 11.2 Å². The summed E-state index contributed by atoms with van der Waals surface area (Å²) in [6.45, 7) is 1.63. The lowest BCUT2D eigenvalue weighted by atomic mass is 9.88. The SMILES string of the molecule is O=C(N1CCC(CCc2ccccc2)CC1)C1(O)CCSCC1. The number of hydrogen-bond donors (Lipinski definition) is 1. The molecule has 0 bridgehead atoms. The van der Waals surface area contributed by atoms with Crippen molar-refractivity contribution in [2.75, 3.05) is 24.6 Å². The molecular formula is C19H27NO2S. The predicted molar refractivity (Wildman–Crippen MR) is 95.6 cm³/mol. The number of aliphatic hydroxyl groups is 1. The average molecular weight is 333 g/mol. The molecule has 126 valence electrons. The van der Waals surface area contributed by atoms with E-state index in [4.69, 9.17) is 0 Å². The van der Waals surface area contributed by atoms with Crippen LogP contribution in [0.15, 0.2) is 30.3 Å². The number of hydrogen-bond acceptors (Lipinski definition) is 3. The van der Waals surface area contributed by atoms with Gasteiger partial charge in [-0.3, -0.25) is 4.79 Å². The van der Waals surface area contributed by atoms with Gasteiger partial charge in [-0.2, -0.15) is 11.8 Å². The van der Waals surface area contributed by atoms with Crippen LogP contribution in [0, 0.1) is 5.92 Å². The van der Waals surface area contributed by atoms with Gasteiger partial charge in [0, 0.05) is 13.1 Å². The summed E-state index contributed by atoms with van der Waals surface area (Å²) in [6.07, 6.45) is 5.70. The van der Waals surface area contributed by atoms with Gasteiger partial charge in [-0.15, -0.1) is 0 Å². The molecule has 1 aromatic rings. The molecule has 0 saturated carbocycles. The number of aryl methyl sites for hydroxylation is 1. The number of thioether (sulfide) groups is 1. The van der Waals surface area contributed by atoms with Gasteiger partial charge >= 0.3 is 0 Å². The van der Waals surface area contributed by atoms with Gasteiger partial charge in [0.2, 0.25) is 0 Å². The minimum Gasteiger partial charge on any atom is -0.380 e. The van der Waals surface area contributed by atoms with Gasteiger partial charge in [-0.05, 0) is 61.5 Å². The topological polar surface area (TPSA) is 40.5 Å². The maximum Gasteiger partial charge on any atom is 0.254 e. The monoisotopic (exact) mass is 333 g/mol. The zero-order chi connectivity index (χ0) is 16.1. The molecule has 2 aliphatic rings. The van der Waals surface area contributed by atoms with Crippen LogP contribution >= 0.6 is 11.8 Å². The van der Waals surface area contributed by atoms with Crippen molar-refractivity contribution in [3.63, 3.8) is 0 Å². The standard InChI is InChI=1S/C19H27NO2S/c21-18(19(22)10-14-23-15-11-19)20-12-8-17(9-13-20)7-6-16-4-2-1-3-5-16/h1-5,17,22H,6-15H2. The molecular weight excluding hydrogens is 306 g/mol. The highest BCUT2D eigenvalue weighted by molar-refractivity contribution is 7.99. The smallest absolute Gasteiger partial charge is 0.254 e. The molecule has 4 heteroatoms. The lowest BCUT2D eigenvalue weighted by molar-refractivity contribution is -0.153. The number of benzene rings is 1. The fraction of sp³-hybridized carbons (Fsp3) is 0.632. The fourth-order valence-corrected chi connectivity index (χ4v) is 4.83. The Morgan fingerprint density at radius 1 is 1.17 bits per heavy atom. The van der Waals surface area contributed by atoms with E-state index in [0.717, 1.165) is 43.9 Å². The normalized spacial score (nSPS) is 22.0. The first kappa shape index (κ1) is 16.8. The Bertz CT molecular complexity index is 505. The average Bonchev–Trinajstić information content (AvgIpc) is 2.61. The van der Waals surface area contributed by atoms with E-state index < -0.39 is 5.60 Å². The third-order valence-corrected chi connectivity index (χ3v) is 6.29. The number of likely N-dealkylation sites (tertiary alicyclic amines) is 1. The van der Waals surface area contributed by atoms with Crippen LogP contribution in [0.2, 0.25) is 0 Å². The van der Waals surface area contributed by atoms with E-state index in [-0.39, 0.29) is 5.91 Å². The highest BCUT2D eigenvalue weighted by Crippen LogP contribution is 2.31. The molecule has 0 spiro atoms. The number of amides is 1. The Morgan fingerprint density at radius 2 is 1.83 bits per heavy atom. The van der Waals surface area contributed by atoms with Crippen LogP contribution in [0.5, 0.6) is 0 Å². The van der Waals surface area contributed by atoms with E-state index in [1.54, 1.807) is 0 Å². The number of carbonyl (C=O) groups excluding carboxylic acids is 1. The summed E-state index contributed by atoms with van der Waals surface area (Å²) in [5, 5.41) is 10.6. The molecule has 0 aromatic heterocycles. The second-order valence-electron chi connectivity index (χ2n) is 6.90. The highest BCUT2D eigenvalue weighted by Gasteiger charge is 2.41. The van der Waals surface area contributed by atoms with E-state index in [0.29, 0.717) is 18.8 Å². The third-order valence-electron chi connectivity index (χ3n) is 5.30. The predicted octanol–water partition coefficient (Wildman–Crippen LogP) is 3.12. The summed E-state index contributed by atoms with van der Waals surface area (Å²) in [7, 11) is 0. The molecule has 2 saturated heterocycles. The number of piperidine rings is 1. The largest absolute Gasteiger partial charge is 0.380 e. The molecule has 0 aliphatic carbocycles. The number of nitrogens with zero attached hydrogens (tertiary/aromatic N) is 1. The molecule has 0 unspecified atom stereocenters. The quantitative estimate of drug-likeness (QED) is 0.920. The molecule has 0 atom stereocenters. The van der Waals surface area contributed by atoms with Crippen LogP contribution in [0.3, 0.4) is 0 Å². The molecule has 2 heterocycles. The van der Waals surface area contributed by atoms with E-state index in [2.05, 4.69) is 30.3 Å². The molecule has 1 N–H and O–H groups in total. The maximum atomic E-state index is 12.6. The van der Waals surface area contributed by atoms with Gasteiger partial charge < -0.3 is 10.0 Å². The first-order valence-electron chi connectivity index (χ1n) is 8.81. The van der Waals surface area contributed by atoms with E-state index >= 15 is 0 Å². The molecule has 0 radical (unpaired) electrons. The Balaban J connectivity index is 1.45. The van der Waals surface area contributed by atoms with Crippen molar-refractivity contribution in [2.45, 2.75) is 44.1 Å². The van der Waals surface area contributed by atoms with Crippen molar-refractivity contribution in [1.29, 1.82) is 0 Å². The minimum atomic E-state index is -1.08. The highest BCUT2D eigenvalue weighted by atomic mass is 32.2. The minimum absolute atomic E-state index is 0.0145. The fourth-order valence-electron chi connectivity index (χ4n) is 3.66. The summed E-state index contributed by atoms with van der Waals surface area (Å²) in [5.41, 5.74) is 0.322. The van der Waals surface area contributed by atoms with Crippen molar-refractivity contribution < 1.29 is 9.90 Å². The zero-order valence-electron chi connectivity index (χ0n) is 13.7.